The van der Waals surface area contributed by atoms with Crippen molar-refractivity contribution in [2.75, 3.05) is 28.7 Å². The first-order valence-corrected chi connectivity index (χ1v) is 10.3. The van der Waals surface area contributed by atoms with E-state index in [1.165, 1.54) is 7.11 Å². The summed E-state index contributed by atoms with van der Waals surface area (Å²) in [4.78, 5) is 12.5. The molecule has 0 spiro atoms. The number of anilines is 3. The fraction of sp³-hybridized carbons (Fsp3) is 0.316. The monoisotopic (exact) mass is 391 g/mol. The second-order valence-corrected chi connectivity index (χ2v) is 8.16. The van der Waals surface area contributed by atoms with E-state index in [2.05, 4.69) is 15.4 Å². The fourth-order valence-corrected chi connectivity index (χ4v) is 3.19. The molecule has 1 amide bonds. The van der Waals surface area contributed by atoms with Gasteiger partial charge in [0.15, 0.2) is 0 Å². The second kappa shape index (κ2) is 8.30. The molecule has 0 bridgehead atoms. The molecule has 0 heterocycles. The number of benzene rings is 2. The van der Waals surface area contributed by atoms with E-state index < -0.39 is 16.1 Å². The highest BCUT2D eigenvalue weighted by Crippen LogP contribution is 2.29. The Bertz CT molecular complexity index is 922. The molecule has 0 aliphatic rings. The maximum atomic E-state index is 12.5. The lowest BCUT2D eigenvalue weighted by Crippen LogP contribution is -2.32. The first-order valence-electron chi connectivity index (χ1n) is 8.40. The van der Waals surface area contributed by atoms with Crippen LogP contribution in [0.5, 0.6) is 5.75 Å². The van der Waals surface area contributed by atoms with Crippen LogP contribution in [0.15, 0.2) is 36.4 Å². The Morgan fingerprint density at radius 1 is 1.11 bits per heavy atom. The van der Waals surface area contributed by atoms with E-state index >= 15 is 0 Å². The molecule has 146 valence electrons. The number of amides is 1. The third-order valence-corrected chi connectivity index (χ3v) is 4.59. The van der Waals surface area contributed by atoms with Crippen LogP contribution >= 0.6 is 0 Å². The van der Waals surface area contributed by atoms with Crippen molar-refractivity contribution < 1.29 is 17.9 Å². The van der Waals surface area contributed by atoms with Crippen molar-refractivity contribution in [1.82, 2.24) is 0 Å². The standard InChI is InChI=1S/C19H25N3O4S/c1-12-7-6-8-13(2)18(12)21-19(23)14(3)20-15-9-10-17(26-4)16(11-15)22-27(5,24)25/h6-11,14,20,22H,1-5H3,(H,21,23). The molecule has 2 aromatic carbocycles. The first-order chi connectivity index (χ1) is 12.6. The highest BCUT2D eigenvalue weighted by Gasteiger charge is 2.16. The summed E-state index contributed by atoms with van der Waals surface area (Å²) in [5.74, 6) is 0.194. The predicted octanol–water partition coefficient (Wildman–Crippen LogP) is 3.12. The van der Waals surface area contributed by atoms with Gasteiger partial charge in [0.1, 0.15) is 11.8 Å². The van der Waals surface area contributed by atoms with E-state index in [4.69, 9.17) is 4.74 Å². The van der Waals surface area contributed by atoms with Gasteiger partial charge in [-0.1, -0.05) is 18.2 Å². The molecule has 0 aromatic heterocycles. The summed E-state index contributed by atoms with van der Waals surface area (Å²) in [6, 6.07) is 10.2. The minimum absolute atomic E-state index is 0.194. The number of aryl methyl sites for hydroxylation is 2. The maximum absolute atomic E-state index is 12.5. The number of para-hydroxylation sites is 1. The molecule has 0 aliphatic heterocycles. The highest BCUT2D eigenvalue weighted by atomic mass is 32.2. The van der Waals surface area contributed by atoms with Crippen LogP contribution in [-0.2, 0) is 14.8 Å². The summed E-state index contributed by atoms with van der Waals surface area (Å²) in [6.45, 7) is 5.61. The summed E-state index contributed by atoms with van der Waals surface area (Å²) in [6.07, 6.45) is 1.06. The van der Waals surface area contributed by atoms with Crippen LogP contribution in [0.4, 0.5) is 17.1 Å². The van der Waals surface area contributed by atoms with Crippen molar-refractivity contribution in [2.24, 2.45) is 0 Å². The molecule has 0 aliphatic carbocycles. The zero-order valence-electron chi connectivity index (χ0n) is 16.1. The summed E-state index contributed by atoms with van der Waals surface area (Å²) in [7, 11) is -2.00. The van der Waals surface area contributed by atoms with Crippen LogP contribution in [0.1, 0.15) is 18.1 Å². The Labute approximate surface area is 160 Å². The van der Waals surface area contributed by atoms with Crippen molar-refractivity contribution in [3.05, 3.63) is 47.5 Å². The molecule has 8 heteroatoms. The molecule has 1 unspecified atom stereocenters. The Morgan fingerprint density at radius 2 is 1.74 bits per heavy atom. The molecule has 0 radical (unpaired) electrons. The van der Waals surface area contributed by atoms with Gasteiger partial charge in [0.25, 0.3) is 0 Å². The normalized spacial score (nSPS) is 12.2. The lowest BCUT2D eigenvalue weighted by atomic mass is 10.1. The lowest BCUT2D eigenvalue weighted by Gasteiger charge is -2.19. The number of sulfonamides is 1. The van der Waals surface area contributed by atoms with Gasteiger partial charge in [0, 0.05) is 11.4 Å². The summed E-state index contributed by atoms with van der Waals surface area (Å²) in [5.41, 5.74) is 3.66. The van der Waals surface area contributed by atoms with Crippen LogP contribution < -0.4 is 20.1 Å². The molecular formula is C19H25N3O4S. The van der Waals surface area contributed by atoms with E-state index in [0.717, 1.165) is 23.1 Å². The molecule has 0 fully saturated rings. The lowest BCUT2D eigenvalue weighted by molar-refractivity contribution is -0.116. The van der Waals surface area contributed by atoms with Gasteiger partial charge in [-0.15, -0.1) is 0 Å². The summed E-state index contributed by atoms with van der Waals surface area (Å²) in [5, 5.41) is 6.01. The molecule has 1 atom stereocenters. The largest absolute Gasteiger partial charge is 0.495 e. The third-order valence-electron chi connectivity index (χ3n) is 4.00. The molecular weight excluding hydrogens is 366 g/mol. The smallest absolute Gasteiger partial charge is 0.246 e. The zero-order chi connectivity index (χ0) is 20.2. The van der Waals surface area contributed by atoms with Gasteiger partial charge in [-0.2, -0.15) is 0 Å². The number of carbonyl (C=O) groups excluding carboxylic acids is 1. The molecule has 3 N–H and O–H groups in total. The Morgan fingerprint density at radius 3 is 2.30 bits per heavy atom. The van der Waals surface area contributed by atoms with Gasteiger partial charge < -0.3 is 15.4 Å². The van der Waals surface area contributed by atoms with E-state index in [9.17, 15) is 13.2 Å². The van der Waals surface area contributed by atoms with Crippen molar-refractivity contribution in [3.8, 4) is 5.75 Å². The number of ether oxygens (including phenoxy) is 1. The molecule has 2 rings (SSSR count). The molecule has 27 heavy (non-hydrogen) atoms. The average Bonchev–Trinajstić information content (AvgIpc) is 2.57. The SMILES string of the molecule is COc1ccc(NC(C)C(=O)Nc2c(C)cccc2C)cc1NS(C)(=O)=O. The fourth-order valence-electron chi connectivity index (χ4n) is 2.64. The Balaban J connectivity index is 2.16. The quantitative estimate of drug-likeness (QED) is 0.674. The topological polar surface area (TPSA) is 96.5 Å². The highest BCUT2D eigenvalue weighted by molar-refractivity contribution is 7.92. The zero-order valence-corrected chi connectivity index (χ0v) is 16.9. The van der Waals surface area contributed by atoms with Crippen LogP contribution in [-0.4, -0.2) is 33.7 Å². The van der Waals surface area contributed by atoms with Crippen molar-refractivity contribution in [1.29, 1.82) is 0 Å². The van der Waals surface area contributed by atoms with Gasteiger partial charge >= 0.3 is 0 Å². The molecule has 2 aromatic rings. The van der Waals surface area contributed by atoms with E-state index in [0.29, 0.717) is 17.1 Å². The number of rotatable bonds is 7. The van der Waals surface area contributed by atoms with Crippen molar-refractivity contribution in [3.63, 3.8) is 0 Å². The van der Waals surface area contributed by atoms with Crippen LogP contribution in [0.3, 0.4) is 0 Å². The minimum Gasteiger partial charge on any atom is -0.495 e. The number of hydrogen-bond donors (Lipinski definition) is 3. The van der Waals surface area contributed by atoms with Crippen LogP contribution in [0.25, 0.3) is 0 Å². The molecule has 7 nitrogen and oxygen atoms in total. The molecule has 0 saturated carbocycles. The summed E-state index contributed by atoms with van der Waals surface area (Å²) < 4.78 is 30.6. The molecule has 0 saturated heterocycles. The Hall–Kier alpha value is -2.74. The van der Waals surface area contributed by atoms with E-state index in [1.807, 2.05) is 32.0 Å². The Kier molecular flexibility index (Phi) is 6.32. The van der Waals surface area contributed by atoms with Crippen LogP contribution in [0.2, 0.25) is 0 Å². The number of carbonyl (C=O) groups is 1. The van der Waals surface area contributed by atoms with Gasteiger partial charge in [-0.05, 0) is 50.1 Å². The van der Waals surface area contributed by atoms with Crippen molar-refractivity contribution in [2.45, 2.75) is 26.8 Å². The van der Waals surface area contributed by atoms with E-state index in [-0.39, 0.29) is 5.91 Å². The van der Waals surface area contributed by atoms with Crippen molar-refractivity contribution >= 4 is 33.0 Å². The number of nitrogens with one attached hydrogen (secondary N) is 3. The van der Waals surface area contributed by atoms with Gasteiger partial charge in [0.2, 0.25) is 15.9 Å². The van der Waals surface area contributed by atoms with Crippen LogP contribution in [0, 0.1) is 13.8 Å². The second-order valence-electron chi connectivity index (χ2n) is 6.41. The van der Waals surface area contributed by atoms with Gasteiger partial charge in [-0.25, -0.2) is 8.42 Å². The number of methoxy groups -OCH3 is 1. The van der Waals surface area contributed by atoms with Gasteiger partial charge in [0.05, 0.1) is 19.1 Å². The predicted molar refractivity (Wildman–Crippen MR) is 109 cm³/mol. The average molecular weight is 391 g/mol. The van der Waals surface area contributed by atoms with Gasteiger partial charge in [-0.3, -0.25) is 9.52 Å². The van der Waals surface area contributed by atoms with E-state index in [1.54, 1.807) is 25.1 Å². The number of hydrogen-bond acceptors (Lipinski definition) is 5. The first kappa shape index (κ1) is 20.6. The third kappa shape index (κ3) is 5.62. The maximum Gasteiger partial charge on any atom is 0.246 e. The minimum atomic E-state index is -3.46. The summed E-state index contributed by atoms with van der Waals surface area (Å²) >= 11 is 0.